The lowest BCUT2D eigenvalue weighted by Crippen LogP contribution is -2.26. The van der Waals surface area contributed by atoms with E-state index in [1.54, 1.807) is 18.3 Å². The number of hydrogen-bond acceptors (Lipinski definition) is 8. The third-order valence-electron chi connectivity index (χ3n) is 7.25. The number of ether oxygens (including phenoxy) is 1. The van der Waals surface area contributed by atoms with Crippen LogP contribution in [0, 0.1) is 11.8 Å². The standard InChI is InChI=1S/C29H33BrF3N7OS/c30-22-10-11-26(25(16-22)41-29(31,32)33)42-37-18-21-8-6-20(7-9-21)17-36-28-38-24-5-2-1-4-23(24)27(39-28)35-12-3-14-40-15-13-34-19-40/h1-2,4-5,10-11,13,15-16,19-21,37H,3,6-9,12,14,17-18H2,(H2,35,36,38,39). The highest BCUT2D eigenvalue weighted by Gasteiger charge is 2.32. The van der Waals surface area contributed by atoms with Crippen LogP contribution >= 0.6 is 27.9 Å². The molecule has 0 bridgehead atoms. The molecule has 224 valence electrons. The van der Waals surface area contributed by atoms with Crippen molar-refractivity contribution < 1.29 is 17.9 Å². The third-order valence-corrected chi connectivity index (χ3v) is 8.61. The highest BCUT2D eigenvalue weighted by molar-refractivity contribution is 9.10. The summed E-state index contributed by atoms with van der Waals surface area (Å²) < 4.78 is 48.4. The molecule has 13 heteroatoms. The Balaban J connectivity index is 1.07. The van der Waals surface area contributed by atoms with Crippen LogP contribution in [-0.2, 0) is 6.54 Å². The lowest BCUT2D eigenvalue weighted by atomic mass is 9.82. The van der Waals surface area contributed by atoms with Gasteiger partial charge in [-0.05, 0) is 86.2 Å². The molecule has 0 spiro atoms. The molecule has 0 amide bonds. The highest BCUT2D eigenvalue weighted by atomic mass is 79.9. The second-order valence-corrected chi connectivity index (χ2v) is 12.2. The summed E-state index contributed by atoms with van der Waals surface area (Å²) in [6, 6.07) is 12.7. The summed E-state index contributed by atoms with van der Waals surface area (Å²) >= 11 is 4.38. The minimum Gasteiger partial charge on any atom is -0.405 e. The van der Waals surface area contributed by atoms with E-state index in [0.29, 0.717) is 27.2 Å². The number of para-hydroxylation sites is 1. The molecular formula is C29H33BrF3N7OS. The van der Waals surface area contributed by atoms with Gasteiger partial charge in [-0.2, -0.15) is 4.98 Å². The Morgan fingerprint density at radius 3 is 2.55 bits per heavy atom. The molecular weight excluding hydrogens is 631 g/mol. The number of fused-ring (bicyclic) bond motifs is 1. The first-order valence-electron chi connectivity index (χ1n) is 14.0. The van der Waals surface area contributed by atoms with E-state index in [1.165, 1.54) is 18.0 Å². The maximum Gasteiger partial charge on any atom is 0.573 e. The molecule has 3 N–H and O–H groups in total. The van der Waals surface area contributed by atoms with Crippen LogP contribution in [0.5, 0.6) is 5.75 Å². The number of alkyl halides is 3. The van der Waals surface area contributed by atoms with Crippen molar-refractivity contribution in [3.63, 3.8) is 0 Å². The molecule has 5 rings (SSSR count). The molecule has 8 nitrogen and oxygen atoms in total. The van der Waals surface area contributed by atoms with E-state index in [-0.39, 0.29) is 5.75 Å². The van der Waals surface area contributed by atoms with Gasteiger partial charge in [0.2, 0.25) is 5.95 Å². The molecule has 2 aromatic carbocycles. The van der Waals surface area contributed by atoms with Crippen molar-refractivity contribution in [2.24, 2.45) is 11.8 Å². The van der Waals surface area contributed by atoms with Gasteiger partial charge in [-0.25, -0.2) is 9.97 Å². The summed E-state index contributed by atoms with van der Waals surface area (Å²) in [6.07, 6.45) is 6.01. The van der Waals surface area contributed by atoms with E-state index < -0.39 is 6.36 Å². The van der Waals surface area contributed by atoms with Gasteiger partial charge in [0, 0.05) is 48.4 Å². The topological polar surface area (TPSA) is 88.9 Å². The summed E-state index contributed by atoms with van der Waals surface area (Å²) in [4.78, 5) is 14.0. The fourth-order valence-corrected chi connectivity index (χ4v) is 6.21. The van der Waals surface area contributed by atoms with Gasteiger partial charge in [0.1, 0.15) is 11.6 Å². The Morgan fingerprint density at radius 2 is 1.79 bits per heavy atom. The average molecular weight is 665 g/mol. The van der Waals surface area contributed by atoms with Gasteiger partial charge in [-0.1, -0.05) is 28.1 Å². The smallest absolute Gasteiger partial charge is 0.405 e. The van der Waals surface area contributed by atoms with Crippen molar-refractivity contribution in [2.75, 3.05) is 30.3 Å². The molecule has 1 saturated carbocycles. The zero-order chi connectivity index (χ0) is 29.4. The Hall–Kier alpha value is -3.03. The van der Waals surface area contributed by atoms with Crippen LogP contribution in [0.3, 0.4) is 0 Å². The van der Waals surface area contributed by atoms with Gasteiger partial charge >= 0.3 is 6.36 Å². The minimum absolute atomic E-state index is 0.215. The predicted octanol–water partition coefficient (Wildman–Crippen LogP) is 7.50. The Kier molecular flexibility index (Phi) is 10.5. The monoisotopic (exact) mass is 663 g/mol. The molecule has 0 atom stereocenters. The van der Waals surface area contributed by atoms with Gasteiger partial charge in [0.05, 0.1) is 16.7 Å². The average Bonchev–Trinajstić information content (AvgIpc) is 3.49. The molecule has 4 aromatic rings. The van der Waals surface area contributed by atoms with Gasteiger partial charge in [0.15, 0.2) is 0 Å². The number of benzene rings is 2. The number of hydrogen-bond donors (Lipinski definition) is 3. The molecule has 1 aliphatic rings. The van der Waals surface area contributed by atoms with Crippen molar-refractivity contribution in [3.8, 4) is 5.75 Å². The second-order valence-electron chi connectivity index (χ2n) is 10.4. The molecule has 1 fully saturated rings. The lowest BCUT2D eigenvalue weighted by Gasteiger charge is -2.28. The highest BCUT2D eigenvalue weighted by Crippen LogP contribution is 2.35. The first-order valence-corrected chi connectivity index (χ1v) is 15.6. The lowest BCUT2D eigenvalue weighted by molar-refractivity contribution is -0.275. The second kappa shape index (κ2) is 14.4. The molecule has 1 aliphatic carbocycles. The Bertz CT molecular complexity index is 1430. The number of aromatic nitrogens is 4. The van der Waals surface area contributed by atoms with E-state index in [9.17, 15) is 13.2 Å². The van der Waals surface area contributed by atoms with E-state index >= 15 is 0 Å². The quantitative estimate of drug-likeness (QED) is 0.100. The van der Waals surface area contributed by atoms with Gasteiger partial charge in [0.25, 0.3) is 0 Å². The van der Waals surface area contributed by atoms with Crippen molar-refractivity contribution in [2.45, 2.75) is 49.9 Å². The number of nitrogens with zero attached hydrogens (tertiary/aromatic N) is 4. The third kappa shape index (κ3) is 8.98. The summed E-state index contributed by atoms with van der Waals surface area (Å²) in [5.74, 6) is 2.21. The number of nitrogens with one attached hydrogen (secondary N) is 3. The summed E-state index contributed by atoms with van der Waals surface area (Å²) in [5.41, 5.74) is 0.897. The summed E-state index contributed by atoms with van der Waals surface area (Å²) in [7, 11) is 0. The number of anilines is 2. The van der Waals surface area contributed by atoms with Crippen LogP contribution < -0.4 is 20.1 Å². The van der Waals surface area contributed by atoms with Crippen LogP contribution in [0.2, 0.25) is 0 Å². The first kappa shape index (κ1) is 30.4. The Labute approximate surface area is 255 Å². The first-order chi connectivity index (χ1) is 20.3. The zero-order valence-corrected chi connectivity index (χ0v) is 25.3. The molecule has 42 heavy (non-hydrogen) atoms. The molecule has 2 aromatic heterocycles. The molecule has 0 saturated heterocycles. The fourth-order valence-electron chi connectivity index (χ4n) is 5.06. The number of aryl methyl sites for hydroxylation is 1. The maximum absolute atomic E-state index is 12.8. The van der Waals surface area contributed by atoms with Crippen LogP contribution in [0.15, 0.2) is 70.6 Å². The van der Waals surface area contributed by atoms with Crippen LogP contribution in [-0.4, -0.2) is 45.5 Å². The van der Waals surface area contributed by atoms with Crippen molar-refractivity contribution in [1.29, 1.82) is 0 Å². The fraction of sp³-hybridized carbons (Fsp3) is 0.414. The molecule has 0 unspecified atom stereocenters. The SMILES string of the molecule is FC(F)(F)Oc1cc(Br)ccc1SNCC1CCC(CNc2nc(NCCCn3ccnc3)c3ccccc3n2)CC1. The Morgan fingerprint density at radius 1 is 1.00 bits per heavy atom. The summed E-state index contributed by atoms with van der Waals surface area (Å²) in [6.45, 7) is 3.18. The van der Waals surface area contributed by atoms with Crippen molar-refractivity contribution >= 4 is 50.5 Å². The molecule has 0 aliphatic heterocycles. The maximum atomic E-state index is 12.8. The largest absolute Gasteiger partial charge is 0.573 e. The predicted molar refractivity (Wildman–Crippen MR) is 163 cm³/mol. The number of halogens is 4. The number of rotatable bonds is 13. The van der Waals surface area contributed by atoms with E-state index in [4.69, 9.17) is 9.97 Å². The minimum atomic E-state index is -4.74. The zero-order valence-electron chi connectivity index (χ0n) is 22.9. The van der Waals surface area contributed by atoms with Gasteiger partial charge in [-0.3, -0.25) is 4.72 Å². The normalized spacial score (nSPS) is 17.3. The molecule has 0 radical (unpaired) electrons. The van der Waals surface area contributed by atoms with Gasteiger partial charge < -0.3 is 19.9 Å². The van der Waals surface area contributed by atoms with Crippen LogP contribution in [0.4, 0.5) is 24.9 Å². The van der Waals surface area contributed by atoms with Crippen LogP contribution in [0.25, 0.3) is 10.9 Å². The van der Waals surface area contributed by atoms with E-state index in [1.807, 2.05) is 36.8 Å². The van der Waals surface area contributed by atoms with E-state index in [2.05, 4.69) is 45.6 Å². The summed E-state index contributed by atoms with van der Waals surface area (Å²) in [5, 5.41) is 7.94. The number of imidazole rings is 1. The van der Waals surface area contributed by atoms with Crippen molar-refractivity contribution in [1.82, 2.24) is 24.2 Å². The molecule has 2 heterocycles. The van der Waals surface area contributed by atoms with Crippen molar-refractivity contribution in [3.05, 3.63) is 65.7 Å². The van der Waals surface area contributed by atoms with E-state index in [0.717, 1.165) is 75.0 Å². The van der Waals surface area contributed by atoms with Crippen LogP contribution in [0.1, 0.15) is 32.1 Å². The van der Waals surface area contributed by atoms with Gasteiger partial charge in [-0.15, -0.1) is 13.2 Å².